The van der Waals surface area contributed by atoms with Gasteiger partial charge in [0.05, 0.1) is 5.75 Å². The van der Waals surface area contributed by atoms with E-state index in [1.54, 1.807) is 0 Å². The van der Waals surface area contributed by atoms with E-state index in [4.69, 9.17) is 0 Å². The average molecular weight is 340 g/mol. The van der Waals surface area contributed by atoms with E-state index in [1.165, 1.54) is 0 Å². The first-order valence-electron chi connectivity index (χ1n) is 8.15. The molecule has 0 spiro atoms. The van der Waals surface area contributed by atoms with Crippen molar-refractivity contribution in [2.24, 2.45) is 5.92 Å². The van der Waals surface area contributed by atoms with E-state index in [1.807, 2.05) is 39.0 Å². The highest BCUT2D eigenvalue weighted by atomic mass is 32.2. The largest absolute Gasteiger partial charge is 0.353 e. The first-order valence-corrected chi connectivity index (χ1v) is 9.97. The Kier molecular flexibility index (Phi) is 7.26. The van der Waals surface area contributed by atoms with E-state index < -0.39 is 21.5 Å². The van der Waals surface area contributed by atoms with E-state index in [0.29, 0.717) is 5.92 Å². The van der Waals surface area contributed by atoms with Crippen molar-refractivity contribution in [2.45, 2.75) is 59.3 Å². The second-order valence-electron chi connectivity index (χ2n) is 6.90. The summed E-state index contributed by atoms with van der Waals surface area (Å²) in [5, 5.41) is 2.79. The van der Waals surface area contributed by atoms with Crippen LogP contribution in [0.4, 0.5) is 0 Å². The number of sulfone groups is 1. The maximum absolute atomic E-state index is 12.3. The first-order chi connectivity index (χ1) is 10.6. The molecule has 0 saturated heterocycles. The van der Waals surface area contributed by atoms with Crippen molar-refractivity contribution in [3.8, 4) is 0 Å². The lowest BCUT2D eigenvalue weighted by Gasteiger charge is -2.15. The third-order valence-corrected chi connectivity index (χ3v) is 5.27. The van der Waals surface area contributed by atoms with Crippen LogP contribution in [0, 0.1) is 19.8 Å². The minimum absolute atomic E-state index is 0.000746. The normalized spacial score (nSPS) is 13.1. The van der Waals surface area contributed by atoms with Gasteiger partial charge in [0.15, 0.2) is 9.84 Å². The minimum Gasteiger partial charge on any atom is -0.353 e. The molecule has 0 aromatic heterocycles. The van der Waals surface area contributed by atoms with Crippen LogP contribution in [0.15, 0.2) is 18.2 Å². The van der Waals surface area contributed by atoms with Gasteiger partial charge in [0.2, 0.25) is 5.91 Å². The maximum Gasteiger partial charge on any atom is 0.235 e. The lowest BCUT2D eigenvalue weighted by atomic mass is 10.0. The molecule has 1 aromatic carbocycles. The fourth-order valence-corrected chi connectivity index (χ4v) is 3.79. The fraction of sp³-hybridized carbons (Fsp3) is 0.611. The molecule has 0 aliphatic rings. The SMILES string of the molecule is Cc1ccc(C)c(CS(=O)(=O)CC(=O)N[C@H](C)CCC(C)C)c1. The average Bonchev–Trinajstić information content (AvgIpc) is 2.39. The van der Waals surface area contributed by atoms with Crippen LogP contribution in [0.2, 0.25) is 0 Å². The van der Waals surface area contributed by atoms with Gasteiger partial charge in [-0.1, -0.05) is 37.6 Å². The van der Waals surface area contributed by atoms with Crippen molar-refractivity contribution < 1.29 is 13.2 Å². The monoisotopic (exact) mass is 339 g/mol. The smallest absolute Gasteiger partial charge is 0.235 e. The van der Waals surface area contributed by atoms with Gasteiger partial charge in [0.25, 0.3) is 0 Å². The molecular weight excluding hydrogens is 310 g/mol. The lowest BCUT2D eigenvalue weighted by molar-refractivity contribution is -0.119. The number of aryl methyl sites for hydroxylation is 2. The predicted octanol–water partition coefficient (Wildman–Crippen LogP) is 3.16. The van der Waals surface area contributed by atoms with Crippen molar-refractivity contribution in [3.05, 3.63) is 34.9 Å². The summed E-state index contributed by atoms with van der Waals surface area (Å²) in [6.07, 6.45) is 1.87. The minimum atomic E-state index is -3.46. The van der Waals surface area contributed by atoms with Crippen molar-refractivity contribution >= 4 is 15.7 Å². The molecule has 130 valence electrons. The lowest BCUT2D eigenvalue weighted by Crippen LogP contribution is -2.37. The first kappa shape index (κ1) is 19.7. The molecule has 1 rings (SSSR count). The van der Waals surface area contributed by atoms with Crippen molar-refractivity contribution in [1.29, 1.82) is 0 Å². The van der Waals surface area contributed by atoms with E-state index in [2.05, 4.69) is 19.2 Å². The quantitative estimate of drug-likeness (QED) is 0.791. The number of carbonyl (C=O) groups is 1. The highest BCUT2D eigenvalue weighted by Gasteiger charge is 2.19. The van der Waals surface area contributed by atoms with Gasteiger partial charge < -0.3 is 5.32 Å². The summed E-state index contributed by atoms with van der Waals surface area (Å²) in [4.78, 5) is 12.0. The second-order valence-corrected chi connectivity index (χ2v) is 8.97. The summed E-state index contributed by atoms with van der Waals surface area (Å²) >= 11 is 0. The Morgan fingerprint density at radius 1 is 1.13 bits per heavy atom. The number of amides is 1. The molecule has 0 fully saturated rings. The van der Waals surface area contributed by atoms with Crippen LogP contribution in [-0.4, -0.2) is 26.1 Å². The molecule has 5 heteroatoms. The Morgan fingerprint density at radius 3 is 2.39 bits per heavy atom. The second kappa shape index (κ2) is 8.48. The van der Waals surface area contributed by atoms with E-state index in [9.17, 15) is 13.2 Å². The molecule has 0 aliphatic carbocycles. The number of hydrogen-bond donors (Lipinski definition) is 1. The standard InChI is InChI=1S/C18H29NO3S/c1-13(2)6-9-16(5)19-18(20)12-23(21,22)11-17-10-14(3)7-8-15(17)4/h7-8,10,13,16H,6,9,11-12H2,1-5H3,(H,19,20)/t16-/m1/s1. The molecule has 1 atom stereocenters. The Balaban J connectivity index is 2.60. The number of benzene rings is 1. The van der Waals surface area contributed by atoms with E-state index in [-0.39, 0.29) is 11.8 Å². The fourth-order valence-electron chi connectivity index (χ4n) is 2.42. The third kappa shape index (κ3) is 7.64. The van der Waals surface area contributed by atoms with Crippen LogP contribution in [-0.2, 0) is 20.4 Å². The molecular formula is C18H29NO3S. The molecule has 0 saturated carbocycles. The summed E-state index contributed by atoms with van der Waals surface area (Å²) in [7, 11) is -3.46. The van der Waals surface area contributed by atoms with Crippen LogP contribution in [0.3, 0.4) is 0 Å². The molecule has 0 radical (unpaired) electrons. The van der Waals surface area contributed by atoms with Gasteiger partial charge in [0.1, 0.15) is 5.75 Å². The van der Waals surface area contributed by atoms with Gasteiger partial charge in [-0.05, 0) is 50.7 Å². The topological polar surface area (TPSA) is 63.2 Å². The van der Waals surface area contributed by atoms with Crippen molar-refractivity contribution in [1.82, 2.24) is 5.32 Å². The Morgan fingerprint density at radius 2 is 1.78 bits per heavy atom. The zero-order chi connectivity index (χ0) is 17.6. The molecule has 0 bridgehead atoms. The number of carbonyl (C=O) groups excluding carboxylic acids is 1. The molecule has 0 unspecified atom stereocenters. The Labute approximate surface area is 140 Å². The van der Waals surface area contributed by atoms with Crippen LogP contribution < -0.4 is 5.32 Å². The number of rotatable bonds is 8. The van der Waals surface area contributed by atoms with Crippen LogP contribution in [0.25, 0.3) is 0 Å². The molecule has 0 heterocycles. The summed E-state index contributed by atoms with van der Waals surface area (Å²) in [6, 6.07) is 5.74. The maximum atomic E-state index is 12.3. The van der Waals surface area contributed by atoms with Crippen molar-refractivity contribution in [2.75, 3.05) is 5.75 Å². The molecule has 4 nitrogen and oxygen atoms in total. The number of hydrogen-bond acceptors (Lipinski definition) is 3. The summed E-state index contributed by atoms with van der Waals surface area (Å²) in [6.45, 7) is 9.99. The summed E-state index contributed by atoms with van der Waals surface area (Å²) in [5.74, 6) is -0.380. The highest BCUT2D eigenvalue weighted by Crippen LogP contribution is 2.14. The zero-order valence-corrected chi connectivity index (χ0v) is 15.7. The predicted molar refractivity (Wildman–Crippen MR) is 95.1 cm³/mol. The van der Waals surface area contributed by atoms with Crippen molar-refractivity contribution in [3.63, 3.8) is 0 Å². The molecule has 23 heavy (non-hydrogen) atoms. The zero-order valence-electron chi connectivity index (χ0n) is 14.8. The summed E-state index contributed by atoms with van der Waals surface area (Å²) < 4.78 is 24.5. The Bertz CT molecular complexity index is 636. The van der Waals surface area contributed by atoms with Gasteiger partial charge in [-0.2, -0.15) is 0 Å². The highest BCUT2D eigenvalue weighted by molar-refractivity contribution is 7.91. The van der Waals surface area contributed by atoms with E-state index >= 15 is 0 Å². The Hall–Kier alpha value is -1.36. The third-order valence-electron chi connectivity index (χ3n) is 3.82. The van der Waals surface area contributed by atoms with Crippen LogP contribution in [0.5, 0.6) is 0 Å². The number of nitrogens with one attached hydrogen (secondary N) is 1. The summed E-state index contributed by atoms with van der Waals surface area (Å²) in [5.41, 5.74) is 2.73. The van der Waals surface area contributed by atoms with Crippen LogP contribution >= 0.6 is 0 Å². The van der Waals surface area contributed by atoms with Gasteiger partial charge in [0, 0.05) is 6.04 Å². The molecule has 1 aromatic rings. The molecule has 1 amide bonds. The molecule has 0 aliphatic heterocycles. The van der Waals surface area contributed by atoms with Gasteiger partial charge in [-0.25, -0.2) is 8.42 Å². The van der Waals surface area contributed by atoms with Gasteiger partial charge in [-0.3, -0.25) is 4.79 Å². The van der Waals surface area contributed by atoms with Gasteiger partial charge in [-0.15, -0.1) is 0 Å². The molecule has 1 N–H and O–H groups in total. The van der Waals surface area contributed by atoms with E-state index in [0.717, 1.165) is 29.5 Å². The van der Waals surface area contributed by atoms with Gasteiger partial charge >= 0.3 is 0 Å². The van der Waals surface area contributed by atoms with Crippen LogP contribution in [0.1, 0.15) is 50.3 Å².